The highest BCUT2D eigenvalue weighted by molar-refractivity contribution is 7.89. The molecule has 2 fully saturated rings. The molecule has 3 heterocycles. The Morgan fingerprint density at radius 3 is 2.40 bits per heavy atom. The number of likely N-dealkylation sites (tertiary alicyclic amines) is 1. The lowest BCUT2D eigenvalue weighted by molar-refractivity contribution is 0.251. The van der Waals surface area contributed by atoms with Crippen LogP contribution in [0.5, 0.6) is 0 Å². The summed E-state index contributed by atoms with van der Waals surface area (Å²) in [5, 5.41) is 0. The normalized spacial score (nSPS) is 23.8. The molecular weight excluding hydrogens is 334 g/mol. The van der Waals surface area contributed by atoms with Crippen molar-refractivity contribution >= 4 is 15.7 Å². The predicted molar refractivity (Wildman–Crippen MR) is 101 cm³/mol. The minimum atomic E-state index is -3.35. The Hall–Kier alpha value is -1.11. The molecule has 6 heteroatoms. The maximum Gasteiger partial charge on any atom is 0.243 e. The maximum absolute atomic E-state index is 13.0. The van der Waals surface area contributed by atoms with E-state index in [0.29, 0.717) is 24.0 Å². The van der Waals surface area contributed by atoms with Crippen LogP contribution in [-0.2, 0) is 16.4 Å². The van der Waals surface area contributed by atoms with Crippen molar-refractivity contribution in [1.82, 2.24) is 9.21 Å². The maximum atomic E-state index is 13.0. The smallest absolute Gasteiger partial charge is 0.243 e. The van der Waals surface area contributed by atoms with Crippen LogP contribution in [0, 0.1) is 0 Å². The predicted octanol–water partition coefficient (Wildman–Crippen LogP) is 2.32. The SMILES string of the molecule is CN1CCC(N2CCc3ccc(S(=O)(=O)N4CCCCC4)cc32)CC1. The van der Waals surface area contributed by atoms with Crippen LogP contribution < -0.4 is 4.90 Å². The average Bonchev–Trinajstić information content (AvgIpc) is 3.06. The Labute approximate surface area is 151 Å². The van der Waals surface area contributed by atoms with Crippen molar-refractivity contribution in [3.05, 3.63) is 23.8 Å². The largest absolute Gasteiger partial charge is 0.368 e. The third kappa shape index (κ3) is 3.32. The van der Waals surface area contributed by atoms with E-state index in [1.54, 1.807) is 4.31 Å². The van der Waals surface area contributed by atoms with Crippen LogP contribution in [0.15, 0.2) is 23.1 Å². The zero-order valence-electron chi connectivity index (χ0n) is 15.2. The molecule has 0 bridgehead atoms. The monoisotopic (exact) mass is 363 g/mol. The molecule has 0 N–H and O–H groups in total. The number of hydrogen-bond acceptors (Lipinski definition) is 4. The first kappa shape index (κ1) is 17.3. The van der Waals surface area contributed by atoms with Gasteiger partial charge in [0.1, 0.15) is 0 Å². The highest BCUT2D eigenvalue weighted by Crippen LogP contribution is 2.35. The average molecular weight is 364 g/mol. The van der Waals surface area contributed by atoms with Crippen molar-refractivity contribution in [2.75, 3.05) is 44.7 Å². The molecule has 0 spiro atoms. The number of hydrogen-bond donors (Lipinski definition) is 0. The fourth-order valence-corrected chi connectivity index (χ4v) is 6.02. The standard InChI is InChI=1S/C19H29N3O2S/c1-20-12-8-17(9-13-20)22-14-7-16-5-6-18(15-19(16)22)25(23,24)21-10-3-2-4-11-21/h5-6,15,17H,2-4,7-14H2,1H3. The summed E-state index contributed by atoms with van der Waals surface area (Å²) in [6.45, 7) is 4.61. The Kier molecular flexibility index (Phi) is 4.77. The lowest BCUT2D eigenvalue weighted by atomic mass is 10.0. The molecule has 0 amide bonds. The quantitative estimate of drug-likeness (QED) is 0.827. The molecule has 1 aromatic carbocycles. The molecule has 0 radical (unpaired) electrons. The van der Waals surface area contributed by atoms with Crippen LogP contribution in [0.4, 0.5) is 5.69 Å². The lowest BCUT2D eigenvalue weighted by Crippen LogP contribution is -2.43. The van der Waals surface area contributed by atoms with Gasteiger partial charge >= 0.3 is 0 Å². The van der Waals surface area contributed by atoms with Gasteiger partial charge < -0.3 is 9.80 Å². The van der Waals surface area contributed by atoms with Gasteiger partial charge in [-0.05, 0) is 69.9 Å². The highest BCUT2D eigenvalue weighted by Gasteiger charge is 2.31. The molecular formula is C19H29N3O2S. The number of anilines is 1. The Bertz CT molecular complexity index is 720. The molecule has 0 aromatic heterocycles. The molecule has 4 rings (SSSR count). The minimum Gasteiger partial charge on any atom is -0.368 e. The van der Waals surface area contributed by atoms with E-state index in [9.17, 15) is 8.42 Å². The molecule has 138 valence electrons. The van der Waals surface area contributed by atoms with Crippen molar-refractivity contribution in [2.45, 2.75) is 49.5 Å². The second kappa shape index (κ2) is 6.89. The molecule has 0 atom stereocenters. The molecule has 0 saturated carbocycles. The van der Waals surface area contributed by atoms with E-state index in [2.05, 4.69) is 16.8 Å². The van der Waals surface area contributed by atoms with E-state index in [1.807, 2.05) is 18.2 Å². The van der Waals surface area contributed by atoms with E-state index < -0.39 is 10.0 Å². The van der Waals surface area contributed by atoms with E-state index in [4.69, 9.17) is 0 Å². The molecule has 0 unspecified atom stereocenters. The van der Waals surface area contributed by atoms with Gasteiger partial charge in [-0.25, -0.2) is 8.42 Å². The summed E-state index contributed by atoms with van der Waals surface area (Å²) in [6.07, 6.45) is 6.46. The summed E-state index contributed by atoms with van der Waals surface area (Å²) in [6, 6.07) is 6.36. The first-order valence-corrected chi connectivity index (χ1v) is 11.1. The van der Waals surface area contributed by atoms with Gasteiger partial charge in [0.05, 0.1) is 4.90 Å². The minimum absolute atomic E-state index is 0.480. The van der Waals surface area contributed by atoms with Crippen LogP contribution in [0.3, 0.4) is 0 Å². The van der Waals surface area contributed by atoms with Crippen molar-refractivity contribution in [1.29, 1.82) is 0 Å². The summed E-state index contributed by atoms with van der Waals surface area (Å²) in [5.74, 6) is 0. The molecule has 3 aliphatic rings. The van der Waals surface area contributed by atoms with E-state index >= 15 is 0 Å². The molecule has 2 saturated heterocycles. The van der Waals surface area contributed by atoms with E-state index in [0.717, 1.165) is 51.0 Å². The second-order valence-electron chi connectivity index (χ2n) is 7.73. The van der Waals surface area contributed by atoms with Gasteiger partial charge in [-0.15, -0.1) is 0 Å². The molecule has 5 nitrogen and oxygen atoms in total. The fourth-order valence-electron chi connectivity index (χ4n) is 4.48. The summed E-state index contributed by atoms with van der Waals surface area (Å²) >= 11 is 0. The number of sulfonamides is 1. The van der Waals surface area contributed by atoms with Gasteiger partial charge in [-0.2, -0.15) is 4.31 Å². The van der Waals surface area contributed by atoms with Gasteiger partial charge in [0, 0.05) is 31.4 Å². The van der Waals surface area contributed by atoms with Crippen LogP contribution in [0.1, 0.15) is 37.7 Å². The third-order valence-corrected chi connectivity index (χ3v) is 7.96. The molecule has 0 aliphatic carbocycles. The van der Waals surface area contributed by atoms with Crippen LogP contribution in [-0.4, -0.2) is 63.4 Å². The Balaban J connectivity index is 1.60. The van der Waals surface area contributed by atoms with Crippen molar-refractivity contribution in [3.63, 3.8) is 0 Å². The van der Waals surface area contributed by atoms with Crippen LogP contribution >= 0.6 is 0 Å². The van der Waals surface area contributed by atoms with Crippen LogP contribution in [0.2, 0.25) is 0 Å². The fraction of sp³-hybridized carbons (Fsp3) is 0.684. The van der Waals surface area contributed by atoms with Crippen molar-refractivity contribution in [3.8, 4) is 0 Å². The van der Waals surface area contributed by atoms with E-state index in [1.165, 1.54) is 18.4 Å². The summed E-state index contributed by atoms with van der Waals surface area (Å²) in [7, 11) is -1.17. The topological polar surface area (TPSA) is 43.9 Å². The van der Waals surface area contributed by atoms with Crippen LogP contribution in [0.25, 0.3) is 0 Å². The summed E-state index contributed by atoms with van der Waals surface area (Å²) in [4.78, 5) is 5.33. The number of nitrogens with zero attached hydrogens (tertiary/aromatic N) is 3. The number of rotatable bonds is 3. The van der Waals surface area contributed by atoms with Gasteiger partial charge in [-0.1, -0.05) is 12.5 Å². The zero-order chi connectivity index (χ0) is 17.4. The zero-order valence-corrected chi connectivity index (χ0v) is 16.0. The summed E-state index contributed by atoms with van der Waals surface area (Å²) in [5.41, 5.74) is 2.46. The first-order valence-electron chi connectivity index (χ1n) is 9.64. The molecule has 1 aromatic rings. The van der Waals surface area contributed by atoms with Gasteiger partial charge in [0.2, 0.25) is 10.0 Å². The van der Waals surface area contributed by atoms with Gasteiger partial charge in [0.25, 0.3) is 0 Å². The third-order valence-electron chi connectivity index (χ3n) is 6.07. The van der Waals surface area contributed by atoms with Gasteiger partial charge in [0.15, 0.2) is 0 Å². The van der Waals surface area contributed by atoms with Crippen molar-refractivity contribution in [2.24, 2.45) is 0 Å². The van der Waals surface area contributed by atoms with Gasteiger partial charge in [-0.3, -0.25) is 0 Å². The Morgan fingerprint density at radius 2 is 1.68 bits per heavy atom. The first-order chi connectivity index (χ1) is 12.1. The number of piperidine rings is 2. The summed E-state index contributed by atoms with van der Waals surface area (Å²) < 4.78 is 27.7. The molecule has 3 aliphatic heterocycles. The Morgan fingerprint density at radius 1 is 0.960 bits per heavy atom. The highest BCUT2D eigenvalue weighted by atomic mass is 32.2. The van der Waals surface area contributed by atoms with Crippen molar-refractivity contribution < 1.29 is 8.42 Å². The number of benzene rings is 1. The lowest BCUT2D eigenvalue weighted by Gasteiger charge is -2.36. The second-order valence-corrected chi connectivity index (χ2v) is 9.67. The number of fused-ring (bicyclic) bond motifs is 1. The van der Waals surface area contributed by atoms with E-state index in [-0.39, 0.29) is 0 Å². The molecule has 25 heavy (non-hydrogen) atoms.